The highest BCUT2D eigenvalue weighted by Crippen LogP contribution is 2.29. The topological polar surface area (TPSA) is 83.2 Å². The number of ether oxygens (including phenoxy) is 1. The van der Waals surface area contributed by atoms with Crippen molar-refractivity contribution in [2.75, 3.05) is 13.7 Å². The lowest BCUT2D eigenvalue weighted by atomic mass is 9.93. The van der Waals surface area contributed by atoms with Crippen LogP contribution in [0.4, 0.5) is 4.39 Å². The zero-order valence-electron chi connectivity index (χ0n) is 18.5. The van der Waals surface area contributed by atoms with Crippen LogP contribution in [0.1, 0.15) is 58.7 Å². The van der Waals surface area contributed by atoms with E-state index in [4.69, 9.17) is 4.74 Å². The predicted molar refractivity (Wildman–Crippen MR) is 121 cm³/mol. The summed E-state index contributed by atoms with van der Waals surface area (Å²) in [5.41, 5.74) is 2.71. The maximum Gasteiger partial charge on any atom is 0.254 e. The number of aromatic nitrogens is 1. The first kappa shape index (κ1) is 22.0. The summed E-state index contributed by atoms with van der Waals surface area (Å²) in [6.45, 7) is 4.58. The highest BCUT2D eigenvalue weighted by atomic mass is 19.1. The standard InChI is InChI=1S/C25H28FN3O3/c1-25(2)14-17(11-12-32-25)28-24(31)22-20(29-19-6-4-5-18(26)21(19)22)13-15-7-9-16(10-8-15)23(30)27-3/h4-10,17,29H,11-14H2,1-3H3,(H,27,30)(H,28,31). The van der Waals surface area contributed by atoms with Crippen molar-refractivity contribution in [3.8, 4) is 0 Å². The van der Waals surface area contributed by atoms with Crippen molar-refractivity contribution in [3.05, 3.63) is 70.7 Å². The first-order chi connectivity index (χ1) is 15.3. The second-order valence-electron chi connectivity index (χ2n) is 8.87. The van der Waals surface area contributed by atoms with Gasteiger partial charge in [0.2, 0.25) is 0 Å². The molecule has 0 radical (unpaired) electrons. The van der Waals surface area contributed by atoms with Crippen molar-refractivity contribution in [2.45, 2.75) is 44.8 Å². The van der Waals surface area contributed by atoms with Crippen molar-refractivity contribution < 1.29 is 18.7 Å². The largest absolute Gasteiger partial charge is 0.375 e. The maximum atomic E-state index is 14.8. The summed E-state index contributed by atoms with van der Waals surface area (Å²) in [6, 6.07) is 11.9. The van der Waals surface area contributed by atoms with Crippen molar-refractivity contribution in [3.63, 3.8) is 0 Å². The molecule has 0 bridgehead atoms. The van der Waals surface area contributed by atoms with E-state index in [-0.39, 0.29) is 23.5 Å². The lowest BCUT2D eigenvalue weighted by molar-refractivity contribution is -0.0615. The van der Waals surface area contributed by atoms with Gasteiger partial charge in [0.1, 0.15) is 5.82 Å². The molecule has 1 atom stereocenters. The molecule has 0 saturated carbocycles. The summed E-state index contributed by atoms with van der Waals surface area (Å²) in [5.74, 6) is -0.887. The second-order valence-corrected chi connectivity index (χ2v) is 8.87. The minimum Gasteiger partial charge on any atom is -0.375 e. The van der Waals surface area contributed by atoms with Crippen LogP contribution in [0.3, 0.4) is 0 Å². The number of fused-ring (bicyclic) bond motifs is 1. The van der Waals surface area contributed by atoms with Crippen molar-refractivity contribution in [2.24, 2.45) is 0 Å². The smallest absolute Gasteiger partial charge is 0.254 e. The number of hydrogen-bond acceptors (Lipinski definition) is 3. The molecule has 1 aliphatic rings. The first-order valence-electron chi connectivity index (χ1n) is 10.8. The molecule has 2 amide bonds. The van der Waals surface area contributed by atoms with E-state index >= 15 is 0 Å². The molecule has 0 aliphatic carbocycles. The van der Waals surface area contributed by atoms with Gasteiger partial charge in [0.25, 0.3) is 11.8 Å². The highest BCUT2D eigenvalue weighted by molar-refractivity contribution is 6.08. The number of nitrogens with one attached hydrogen (secondary N) is 3. The summed E-state index contributed by atoms with van der Waals surface area (Å²) in [6.07, 6.45) is 1.82. The zero-order chi connectivity index (χ0) is 22.9. The molecule has 1 saturated heterocycles. The number of hydrogen-bond donors (Lipinski definition) is 3. The molecule has 6 nitrogen and oxygen atoms in total. The van der Waals surface area contributed by atoms with Crippen LogP contribution in [-0.4, -0.2) is 42.1 Å². The zero-order valence-corrected chi connectivity index (χ0v) is 18.5. The number of halogens is 1. The van der Waals surface area contributed by atoms with E-state index in [2.05, 4.69) is 15.6 Å². The van der Waals surface area contributed by atoms with Gasteiger partial charge in [-0.05, 0) is 56.5 Å². The molecule has 3 aromatic rings. The SMILES string of the molecule is CNC(=O)c1ccc(Cc2[nH]c3cccc(F)c3c2C(=O)NC2CCOC(C)(C)C2)cc1. The molecule has 3 N–H and O–H groups in total. The number of H-pyrrole nitrogens is 1. The van der Waals surface area contributed by atoms with Gasteiger partial charge in [-0.2, -0.15) is 0 Å². The van der Waals surface area contributed by atoms with Crippen molar-refractivity contribution >= 4 is 22.7 Å². The highest BCUT2D eigenvalue weighted by Gasteiger charge is 2.31. The number of aromatic amines is 1. The van der Waals surface area contributed by atoms with Crippen LogP contribution < -0.4 is 10.6 Å². The van der Waals surface area contributed by atoms with E-state index in [0.717, 1.165) is 12.0 Å². The third-order valence-electron chi connectivity index (χ3n) is 5.93. The molecule has 1 unspecified atom stereocenters. The first-order valence-corrected chi connectivity index (χ1v) is 10.8. The van der Waals surface area contributed by atoms with E-state index in [9.17, 15) is 14.0 Å². The number of rotatable bonds is 5. The van der Waals surface area contributed by atoms with Crippen molar-refractivity contribution in [1.29, 1.82) is 0 Å². The average Bonchev–Trinajstić information content (AvgIpc) is 3.12. The monoisotopic (exact) mass is 437 g/mol. The fraction of sp³-hybridized carbons (Fsp3) is 0.360. The number of amides is 2. The molecular weight excluding hydrogens is 409 g/mol. The fourth-order valence-corrected chi connectivity index (χ4v) is 4.38. The van der Waals surface area contributed by atoms with Crippen LogP contribution in [0.15, 0.2) is 42.5 Å². The Hall–Kier alpha value is -3.19. The molecule has 1 aromatic heterocycles. The summed E-state index contributed by atoms with van der Waals surface area (Å²) in [7, 11) is 1.58. The Morgan fingerprint density at radius 2 is 1.91 bits per heavy atom. The summed E-state index contributed by atoms with van der Waals surface area (Å²) < 4.78 is 20.5. The molecule has 2 heterocycles. The molecule has 168 valence electrons. The second kappa shape index (κ2) is 8.74. The minimum absolute atomic E-state index is 0.0392. The molecule has 1 fully saturated rings. The molecule has 32 heavy (non-hydrogen) atoms. The Labute approximate surface area is 186 Å². The van der Waals surface area contributed by atoms with E-state index in [1.807, 2.05) is 26.0 Å². The van der Waals surface area contributed by atoms with Gasteiger partial charge < -0.3 is 20.4 Å². The quantitative estimate of drug-likeness (QED) is 0.565. The molecular formula is C25H28FN3O3. The van der Waals surface area contributed by atoms with Gasteiger partial charge in [-0.3, -0.25) is 9.59 Å². The van der Waals surface area contributed by atoms with E-state index in [1.54, 1.807) is 31.3 Å². The lowest BCUT2D eigenvalue weighted by Gasteiger charge is -2.35. The average molecular weight is 438 g/mol. The van der Waals surface area contributed by atoms with Gasteiger partial charge in [-0.15, -0.1) is 0 Å². The third kappa shape index (κ3) is 4.53. The van der Waals surface area contributed by atoms with Crippen molar-refractivity contribution in [1.82, 2.24) is 15.6 Å². The maximum absolute atomic E-state index is 14.8. The van der Waals surface area contributed by atoms with Crippen LogP contribution in [0, 0.1) is 5.82 Å². The van der Waals surface area contributed by atoms with Crippen LogP contribution in [0.25, 0.3) is 10.9 Å². The predicted octanol–water partition coefficient (Wildman–Crippen LogP) is 3.94. The van der Waals surface area contributed by atoms with Gasteiger partial charge >= 0.3 is 0 Å². The van der Waals surface area contributed by atoms with Gasteiger partial charge in [0, 0.05) is 48.3 Å². The molecule has 1 aliphatic heterocycles. The third-order valence-corrected chi connectivity index (χ3v) is 5.93. The summed E-state index contributed by atoms with van der Waals surface area (Å²) in [5, 5.41) is 5.99. The summed E-state index contributed by atoms with van der Waals surface area (Å²) >= 11 is 0. The van der Waals surface area contributed by atoms with Crippen LogP contribution >= 0.6 is 0 Å². The number of carbonyl (C=O) groups excluding carboxylic acids is 2. The Kier molecular flexibility index (Phi) is 6.02. The normalized spacial score (nSPS) is 17.8. The minimum atomic E-state index is -0.433. The number of benzene rings is 2. The van der Waals surface area contributed by atoms with Crippen LogP contribution in [0.5, 0.6) is 0 Å². The van der Waals surface area contributed by atoms with Crippen LogP contribution in [0.2, 0.25) is 0 Å². The Morgan fingerprint density at radius 1 is 1.16 bits per heavy atom. The molecule has 4 rings (SSSR count). The Morgan fingerprint density at radius 3 is 2.59 bits per heavy atom. The Balaban J connectivity index is 1.66. The fourth-order valence-electron chi connectivity index (χ4n) is 4.38. The Bertz CT molecular complexity index is 1150. The van der Waals surface area contributed by atoms with Gasteiger partial charge in [-0.25, -0.2) is 4.39 Å². The van der Waals surface area contributed by atoms with E-state index in [0.29, 0.717) is 47.2 Å². The molecule has 7 heteroatoms. The van der Waals surface area contributed by atoms with E-state index < -0.39 is 5.82 Å². The molecule has 0 spiro atoms. The van der Waals surface area contributed by atoms with Crippen LogP contribution in [-0.2, 0) is 11.2 Å². The van der Waals surface area contributed by atoms with Gasteiger partial charge in [-0.1, -0.05) is 18.2 Å². The van der Waals surface area contributed by atoms with Gasteiger partial charge in [0.05, 0.1) is 11.2 Å². The molecule has 2 aromatic carbocycles. The van der Waals surface area contributed by atoms with E-state index in [1.165, 1.54) is 6.07 Å². The van der Waals surface area contributed by atoms with Gasteiger partial charge in [0.15, 0.2) is 0 Å². The lowest BCUT2D eigenvalue weighted by Crippen LogP contribution is -2.46. The number of carbonyl (C=O) groups is 2. The summed E-state index contributed by atoms with van der Waals surface area (Å²) in [4.78, 5) is 28.4.